The molecule has 0 saturated carbocycles. The van der Waals surface area contributed by atoms with Crippen LogP contribution in [0, 0.1) is 0 Å². The highest BCUT2D eigenvalue weighted by molar-refractivity contribution is 6.34. The number of rotatable bonds is 2. The normalized spacial score (nSPS) is 10.4. The van der Waals surface area contributed by atoms with Crippen LogP contribution in [0.1, 0.15) is 10.6 Å². The number of nitrogens with zero attached hydrogens (tertiary/aromatic N) is 4. The highest BCUT2D eigenvalue weighted by atomic mass is 35.5. The molecular weight excluding hydrogens is 255 g/mol. The Labute approximate surface area is 99.4 Å². The summed E-state index contributed by atoms with van der Waals surface area (Å²) in [6.45, 7) is 0. The van der Waals surface area contributed by atoms with Crippen LogP contribution in [0.2, 0.25) is 10.0 Å². The van der Waals surface area contributed by atoms with Gasteiger partial charge in [0.25, 0.3) is 5.82 Å². The van der Waals surface area contributed by atoms with Crippen molar-refractivity contribution < 1.29 is 9.90 Å². The molecule has 0 unspecified atom stereocenters. The lowest BCUT2D eigenvalue weighted by atomic mass is 10.3. The van der Waals surface area contributed by atoms with Gasteiger partial charge in [-0.1, -0.05) is 23.2 Å². The van der Waals surface area contributed by atoms with E-state index in [-0.39, 0.29) is 0 Å². The minimum absolute atomic E-state index is 0.393. The number of hydrogen-bond acceptors (Lipinski definition) is 4. The molecule has 0 fully saturated rings. The molecule has 2 aromatic rings. The summed E-state index contributed by atoms with van der Waals surface area (Å²) in [4.78, 5) is 11.6. The van der Waals surface area contributed by atoms with E-state index >= 15 is 0 Å². The van der Waals surface area contributed by atoms with E-state index in [2.05, 4.69) is 15.4 Å². The van der Waals surface area contributed by atoms with Crippen LogP contribution in [0.15, 0.2) is 18.2 Å². The van der Waals surface area contributed by atoms with Crippen LogP contribution in [-0.2, 0) is 0 Å². The zero-order chi connectivity index (χ0) is 11.7. The molecule has 0 atom stereocenters. The fraction of sp³-hybridized carbons (Fsp3) is 0. The van der Waals surface area contributed by atoms with Crippen LogP contribution in [-0.4, -0.2) is 31.3 Å². The van der Waals surface area contributed by atoms with E-state index in [0.717, 1.165) is 4.80 Å². The van der Waals surface area contributed by atoms with Crippen molar-refractivity contribution in [3.05, 3.63) is 34.1 Å². The van der Waals surface area contributed by atoms with Crippen LogP contribution < -0.4 is 0 Å². The van der Waals surface area contributed by atoms with Crippen molar-refractivity contribution in [1.29, 1.82) is 0 Å². The molecule has 0 saturated heterocycles. The van der Waals surface area contributed by atoms with E-state index in [1.165, 1.54) is 0 Å². The van der Waals surface area contributed by atoms with Gasteiger partial charge in [-0.05, 0) is 23.4 Å². The third-order valence-corrected chi connectivity index (χ3v) is 2.12. The molecule has 0 spiro atoms. The first kappa shape index (κ1) is 10.8. The Kier molecular flexibility index (Phi) is 2.76. The number of aromatic carboxylic acids is 1. The van der Waals surface area contributed by atoms with Crippen LogP contribution in [0.3, 0.4) is 0 Å². The van der Waals surface area contributed by atoms with Gasteiger partial charge >= 0.3 is 5.97 Å². The second kappa shape index (κ2) is 4.07. The number of carbonyl (C=O) groups is 1. The first-order valence-electron chi connectivity index (χ1n) is 4.06. The van der Waals surface area contributed by atoms with Crippen LogP contribution >= 0.6 is 23.2 Å². The van der Waals surface area contributed by atoms with Crippen molar-refractivity contribution >= 4 is 29.2 Å². The Morgan fingerprint density at radius 1 is 1.25 bits per heavy atom. The zero-order valence-electron chi connectivity index (χ0n) is 7.63. The summed E-state index contributed by atoms with van der Waals surface area (Å²) in [5.41, 5.74) is 0.442. The molecule has 0 amide bonds. The molecular formula is C8H4Cl2N4O2. The topological polar surface area (TPSA) is 80.9 Å². The van der Waals surface area contributed by atoms with Crippen LogP contribution in [0.25, 0.3) is 5.69 Å². The number of carboxylic acid groups (broad SMARTS) is 1. The Bertz CT molecular complexity index is 534. The summed E-state index contributed by atoms with van der Waals surface area (Å²) in [6, 6.07) is 4.63. The van der Waals surface area contributed by atoms with Gasteiger partial charge < -0.3 is 5.11 Å². The number of halogens is 2. The highest BCUT2D eigenvalue weighted by Crippen LogP contribution is 2.20. The molecule has 2 rings (SSSR count). The van der Waals surface area contributed by atoms with E-state index < -0.39 is 11.8 Å². The van der Waals surface area contributed by atoms with Gasteiger partial charge in [0.1, 0.15) is 0 Å². The van der Waals surface area contributed by atoms with E-state index in [1.807, 2.05) is 0 Å². The molecule has 0 aliphatic carbocycles. The van der Waals surface area contributed by atoms with Crippen molar-refractivity contribution in [1.82, 2.24) is 20.2 Å². The molecule has 0 bridgehead atoms. The summed E-state index contributed by atoms with van der Waals surface area (Å²) in [5, 5.41) is 20.0. The molecule has 1 aromatic heterocycles. The summed E-state index contributed by atoms with van der Waals surface area (Å²) in [5.74, 6) is -1.64. The van der Waals surface area contributed by atoms with Crippen molar-refractivity contribution in [2.75, 3.05) is 0 Å². The quantitative estimate of drug-likeness (QED) is 0.887. The molecule has 0 aliphatic rings. The average molecular weight is 259 g/mol. The highest BCUT2D eigenvalue weighted by Gasteiger charge is 2.11. The molecule has 1 heterocycles. The SMILES string of the molecule is O=C(O)c1nnn(-c2cc(Cl)cc(Cl)c2)n1. The predicted molar refractivity (Wildman–Crippen MR) is 56.1 cm³/mol. The lowest BCUT2D eigenvalue weighted by Gasteiger charge is -1.99. The first-order chi connectivity index (χ1) is 7.56. The lowest BCUT2D eigenvalue weighted by Crippen LogP contribution is -2.02. The third-order valence-electron chi connectivity index (χ3n) is 1.68. The van der Waals surface area contributed by atoms with Gasteiger partial charge in [-0.15, -0.1) is 15.0 Å². The van der Waals surface area contributed by atoms with Crippen molar-refractivity contribution in [3.8, 4) is 5.69 Å². The van der Waals surface area contributed by atoms with Gasteiger partial charge in [-0.2, -0.15) is 0 Å². The minimum Gasteiger partial charge on any atom is -0.475 e. The molecule has 8 heteroatoms. The number of tetrazole rings is 1. The van der Waals surface area contributed by atoms with E-state index in [9.17, 15) is 4.79 Å². The summed E-state index contributed by atoms with van der Waals surface area (Å²) in [6.07, 6.45) is 0. The Morgan fingerprint density at radius 3 is 2.38 bits per heavy atom. The summed E-state index contributed by atoms with van der Waals surface area (Å²) < 4.78 is 0. The lowest BCUT2D eigenvalue weighted by molar-refractivity contribution is 0.0683. The van der Waals surface area contributed by atoms with Crippen LogP contribution in [0.5, 0.6) is 0 Å². The van der Waals surface area contributed by atoms with Crippen LogP contribution in [0.4, 0.5) is 0 Å². The molecule has 1 N–H and O–H groups in total. The second-order valence-corrected chi connectivity index (χ2v) is 3.71. The van der Waals surface area contributed by atoms with Gasteiger partial charge in [0.05, 0.1) is 5.69 Å². The fourth-order valence-electron chi connectivity index (χ4n) is 1.06. The molecule has 0 radical (unpaired) electrons. The fourth-order valence-corrected chi connectivity index (χ4v) is 1.58. The van der Waals surface area contributed by atoms with Gasteiger partial charge in [-0.25, -0.2) is 4.79 Å². The standard InChI is InChI=1S/C8H4Cl2N4O2/c9-4-1-5(10)3-6(2-4)14-12-7(8(15)16)11-13-14/h1-3H,(H,15,16). The maximum Gasteiger partial charge on any atom is 0.377 e. The number of benzene rings is 1. The Morgan fingerprint density at radius 2 is 1.88 bits per heavy atom. The number of aromatic nitrogens is 4. The summed E-state index contributed by atoms with van der Waals surface area (Å²) in [7, 11) is 0. The van der Waals surface area contributed by atoms with Gasteiger partial charge in [0.2, 0.25) is 0 Å². The van der Waals surface area contributed by atoms with Crippen molar-refractivity contribution in [2.24, 2.45) is 0 Å². The second-order valence-electron chi connectivity index (χ2n) is 2.84. The summed E-state index contributed by atoms with van der Waals surface area (Å²) >= 11 is 11.6. The van der Waals surface area contributed by atoms with Crippen molar-refractivity contribution in [2.45, 2.75) is 0 Å². The van der Waals surface area contributed by atoms with Gasteiger partial charge in [0.15, 0.2) is 0 Å². The largest absolute Gasteiger partial charge is 0.475 e. The first-order valence-corrected chi connectivity index (χ1v) is 4.81. The number of hydrogen-bond donors (Lipinski definition) is 1. The monoisotopic (exact) mass is 258 g/mol. The molecule has 0 aliphatic heterocycles. The average Bonchev–Trinajstić information content (AvgIpc) is 2.64. The third kappa shape index (κ3) is 2.12. The molecule has 16 heavy (non-hydrogen) atoms. The van der Waals surface area contributed by atoms with Gasteiger partial charge in [0, 0.05) is 10.0 Å². The smallest absolute Gasteiger partial charge is 0.377 e. The van der Waals surface area contributed by atoms with Crippen molar-refractivity contribution in [3.63, 3.8) is 0 Å². The Balaban J connectivity index is 2.46. The van der Waals surface area contributed by atoms with E-state index in [4.69, 9.17) is 28.3 Å². The maximum absolute atomic E-state index is 10.5. The van der Waals surface area contributed by atoms with E-state index in [0.29, 0.717) is 15.7 Å². The minimum atomic E-state index is -1.25. The van der Waals surface area contributed by atoms with Gasteiger partial charge in [-0.3, -0.25) is 0 Å². The predicted octanol–water partition coefficient (Wildman–Crippen LogP) is 1.67. The zero-order valence-corrected chi connectivity index (χ0v) is 9.14. The molecule has 6 nitrogen and oxygen atoms in total. The number of carboxylic acids is 1. The maximum atomic E-state index is 10.5. The molecule has 82 valence electrons. The molecule has 1 aromatic carbocycles. The van der Waals surface area contributed by atoms with E-state index in [1.54, 1.807) is 18.2 Å². The Hall–Kier alpha value is -1.66.